The molecule has 0 bridgehead atoms. The fourth-order valence-corrected chi connectivity index (χ4v) is 2.64. The molecule has 1 N–H and O–H groups in total. The molecule has 3 aromatic rings. The largest absolute Gasteiger partial charge is 0.489 e. The summed E-state index contributed by atoms with van der Waals surface area (Å²) < 4.78 is 5.78. The van der Waals surface area contributed by atoms with Gasteiger partial charge >= 0.3 is 5.69 Å². The molecule has 3 aromatic carbocycles. The van der Waals surface area contributed by atoms with Crippen LogP contribution in [0, 0.1) is 27.2 Å². The van der Waals surface area contributed by atoms with Crippen molar-refractivity contribution in [2.45, 2.75) is 13.5 Å². The third kappa shape index (κ3) is 5.16. The van der Waals surface area contributed by atoms with E-state index in [1.54, 1.807) is 24.3 Å². The summed E-state index contributed by atoms with van der Waals surface area (Å²) in [6.45, 7) is 2.49. The van der Waals surface area contributed by atoms with Crippen LogP contribution in [0.5, 0.6) is 5.75 Å². The second kappa shape index (κ2) is 9.28. The van der Waals surface area contributed by atoms with Crippen molar-refractivity contribution in [1.29, 1.82) is 0 Å². The molecule has 0 saturated heterocycles. The fraction of sp³-hybridized carbons (Fsp3) is 0.0952. The minimum atomic E-state index is -0.703. The third-order valence-electron chi connectivity index (χ3n) is 4.32. The van der Waals surface area contributed by atoms with Gasteiger partial charge in [-0.2, -0.15) is 5.10 Å². The van der Waals surface area contributed by atoms with Gasteiger partial charge in [0.05, 0.1) is 22.1 Å². The van der Waals surface area contributed by atoms with Crippen LogP contribution in [-0.2, 0) is 6.61 Å². The molecule has 0 saturated carbocycles. The molecule has 0 heterocycles. The van der Waals surface area contributed by atoms with Crippen LogP contribution in [0.15, 0.2) is 71.8 Å². The maximum atomic E-state index is 11.1. The number of aryl methyl sites for hydroxylation is 1. The van der Waals surface area contributed by atoms with Crippen molar-refractivity contribution in [2.24, 2.45) is 5.10 Å². The topological polar surface area (TPSA) is 120 Å². The monoisotopic (exact) mass is 406 g/mol. The molecule has 0 aliphatic carbocycles. The van der Waals surface area contributed by atoms with E-state index in [-0.39, 0.29) is 11.4 Å². The van der Waals surface area contributed by atoms with E-state index in [1.165, 1.54) is 18.3 Å². The predicted octanol–water partition coefficient (Wildman–Crippen LogP) is 4.84. The SMILES string of the molecule is Cc1ccccc1COc1ccc(/C=N\Nc2ccc([N+](=O)[O-])cc2[N+](=O)[O-])cc1. The Bertz CT molecular complexity index is 1100. The molecule has 0 spiro atoms. The molecule has 9 nitrogen and oxygen atoms in total. The van der Waals surface area contributed by atoms with Crippen LogP contribution in [0.3, 0.4) is 0 Å². The number of rotatable bonds is 8. The van der Waals surface area contributed by atoms with Crippen LogP contribution in [0.1, 0.15) is 16.7 Å². The average Bonchev–Trinajstić information content (AvgIpc) is 2.74. The smallest absolute Gasteiger partial charge is 0.301 e. The van der Waals surface area contributed by atoms with Gasteiger partial charge in [-0.05, 0) is 53.9 Å². The summed E-state index contributed by atoms with van der Waals surface area (Å²) in [6.07, 6.45) is 1.48. The van der Waals surface area contributed by atoms with Crippen LogP contribution in [0.4, 0.5) is 17.1 Å². The summed E-state index contributed by atoms with van der Waals surface area (Å²) in [5.41, 5.74) is 4.83. The standard InChI is InChI=1S/C21H18N4O5/c1-15-4-2-3-5-17(15)14-30-19-9-6-16(7-10-19)13-22-23-20-11-8-18(24(26)27)12-21(20)25(28)29/h2-13,23H,14H2,1H3/b22-13-. The van der Waals surface area contributed by atoms with Gasteiger partial charge in [0.15, 0.2) is 0 Å². The summed E-state index contributed by atoms with van der Waals surface area (Å²) in [4.78, 5) is 20.5. The molecular formula is C21H18N4O5. The first kappa shape index (κ1) is 20.5. The predicted molar refractivity (Wildman–Crippen MR) is 113 cm³/mol. The van der Waals surface area contributed by atoms with E-state index < -0.39 is 15.5 Å². The van der Waals surface area contributed by atoms with Crippen LogP contribution in [0.2, 0.25) is 0 Å². The maximum absolute atomic E-state index is 11.1. The van der Waals surface area contributed by atoms with Crippen LogP contribution >= 0.6 is 0 Å². The molecule has 0 amide bonds. The molecular weight excluding hydrogens is 388 g/mol. The summed E-state index contributed by atoms with van der Waals surface area (Å²) in [6, 6.07) is 18.5. The van der Waals surface area contributed by atoms with E-state index >= 15 is 0 Å². The van der Waals surface area contributed by atoms with Crippen molar-refractivity contribution < 1.29 is 14.6 Å². The Morgan fingerprint density at radius 2 is 1.73 bits per heavy atom. The molecule has 0 aliphatic rings. The third-order valence-corrected chi connectivity index (χ3v) is 4.32. The van der Waals surface area contributed by atoms with Gasteiger partial charge in [-0.15, -0.1) is 0 Å². The second-order valence-corrected chi connectivity index (χ2v) is 6.37. The molecule has 3 rings (SSSR count). The molecule has 0 aromatic heterocycles. The molecule has 0 unspecified atom stereocenters. The molecule has 9 heteroatoms. The number of nitrogens with one attached hydrogen (secondary N) is 1. The Morgan fingerprint density at radius 1 is 1.00 bits per heavy atom. The van der Waals surface area contributed by atoms with Crippen LogP contribution in [-0.4, -0.2) is 16.1 Å². The fourth-order valence-electron chi connectivity index (χ4n) is 2.64. The minimum absolute atomic E-state index is 0.0556. The summed E-state index contributed by atoms with van der Waals surface area (Å²) in [5.74, 6) is 0.703. The van der Waals surface area contributed by atoms with Crippen molar-refractivity contribution >= 4 is 23.3 Å². The number of anilines is 1. The van der Waals surface area contributed by atoms with Gasteiger partial charge < -0.3 is 4.74 Å². The molecule has 0 fully saturated rings. The zero-order valence-electron chi connectivity index (χ0n) is 16.0. The van der Waals surface area contributed by atoms with Gasteiger partial charge in [-0.25, -0.2) is 0 Å². The molecule has 30 heavy (non-hydrogen) atoms. The van der Waals surface area contributed by atoms with E-state index in [0.29, 0.717) is 12.4 Å². The first-order valence-electron chi connectivity index (χ1n) is 8.93. The lowest BCUT2D eigenvalue weighted by Crippen LogP contribution is -1.99. The second-order valence-electron chi connectivity index (χ2n) is 6.37. The first-order valence-corrected chi connectivity index (χ1v) is 8.93. The zero-order valence-corrected chi connectivity index (χ0v) is 16.0. The van der Waals surface area contributed by atoms with Gasteiger partial charge in [0.2, 0.25) is 0 Å². The van der Waals surface area contributed by atoms with Crippen molar-refractivity contribution in [3.63, 3.8) is 0 Å². The number of nitrogens with zero attached hydrogens (tertiary/aromatic N) is 3. The van der Waals surface area contributed by atoms with Gasteiger partial charge in [0.25, 0.3) is 5.69 Å². The first-order chi connectivity index (χ1) is 14.4. The lowest BCUT2D eigenvalue weighted by atomic mass is 10.1. The lowest BCUT2D eigenvalue weighted by Gasteiger charge is -2.08. The number of benzene rings is 3. The number of hydrazone groups is 1. The van der Waals surface area contributed by atoms with Gasteiger partial charge in [0.1, 0.15) is 18.0 Å². The van der Waals surface area contributed by atoms with Crippen molar-refractivity contribution in [3.8, 4) is 5.75 Å². The Labute approximate surface area is 171 Å². The van der Waals surface area contributed by atoms with E-state index in [1.807, 2.05) is 31.2 Å². The maximum Gasteiger partial charge on any atom is 0.301 e. The highest BCUT2D eigenvalue weighted by molar-refractivity contribution is 5.80. The summed E-state index contributed by atoms with van der Waals surface area (Å²) in [7, 11) is 0. The highest BCUT2D eigenvalue weighted by Crippen LogP contribution is 2.28. The van der Waals surface area contributed by atoms with Crippen LogP contribution in [0.25, 0.3) is 0 Å². The summed E-state index contributed by atoms with van der Waals surface area (Å²) in [5, 5.41) is 25.9. The van der Waals surface area contributed by atoms with Gasteiger partial charge in [-0.1, -0.05) is 24.3 Å². The van der Waals surface area contributed by atoms with E-state index in [2.05, 4.69) is 10.5 Å². The van der Waals surface area contributed by atoms with Crippen LogP contribution < -0.4 is 10.2 Å². The summed E-state index contributed by atoms with van der Waals surface area (Å²) >= 11 is 0. The van der Waals surface area contributed by atoms with Gasteiger partial charge in [-0.3, -0.25) is 25.7 Å². The van der Waals surface area contributed by atoms with E-state index in [9.17, 15) is 20.2 Å². The number of hydrogen-bond donors (Lipinski definition) is 1. The number of nitro benzene ring substituents is 2. The number of hydrogen-bond acceptors (Lipinski definition) is 7. The molecule has 152 valence electrons. The van der Waals surface area contributed by atoms with Crippen molar-refractivity contribution in [1.82, 2.24) is 0 Å². The highest BCUT2D eigenvalue weighted by Gasteiger charge is 2.19. The van der Waals surface area contributed by atoms with E-state index in [0.717, 1.165) is 22.8 Å². The molecule has 0 radical (unpaired) electrons. The number of non-ortho nitro benzene ring substituents is 1. The Morgan fingerprint density at radius 3 is 2.40 bits per heavy atom. The lowest BCUT2D eigenvalue weighted by molar-refractivity contribution is -0.393. The zero-order chi connectivity index (χ0) is 21.5. The van der Waals surface area contributed by atoms with Crippen molar-refractivity contribution in [2.75, 3.05) is 5.43 Å². The normalized spacial score (nSPS) is 10.7. The highest BCUT2D eigenvalue weighted by atomic mass is 16.6. The quantitative estimate of drug-likeness (QED) is 0.325. The molecule has 0 atom stereocenters. The molecule has 0 aliphatic heterocycles. The Balaban J connectivity index is 1.62. The van der Waals surface area contributed by atoms with Crippen molar-refractivity contribution in [3.05, 3.63) is 104 Å². The Hall–Kier alpha value is -4.27. The van der Waals surface area contributed by atoms with Gasteiger partial charge in [0, 0.05) is 6.07 Å². The number of ether oxygens (including phenoxy) is 1. The van der Waals surface area contributed by atoms with E-state index in [4.69, 9.17) is 4.74 Å². The minimum Gasteiger partial charge on any atom is -0.489 e. The Kier molecular flexibility index (Phi) is 6.33. The average molecular weight is 406 g/mol. The number of nitro groups is 2.